The van der Waals surface area contributed by atoms with E-state index in [2.05, 4.69) is 22.9 Å². The van der Waals surface area contributed by atoms with E-state index in [-0.39, 0.29) is 5.78 Å². The van der Waals surface area contributed by atoms with E-state index in [1.165, 1.54) is 0 Å². The summed E-state index contributed by atoms with van der Waals surface area (Å²) >= 11 is 3.50. The van der Waals surface area contributed by atoms with Crippen molar-refractivity contribution in [3.05, 3.63) is 27.7 Å². The molecule has 0 spiro atoms. The lowest BCUT2D eigenvalue weighted by molar-refractivity contribution is 0.0619. The number of benzene rings is 1. The first-order valence-corrected chi connectivity index (χ1v) is 6.27. The van der Waals surface area contributed by atoms with Gasteiger partial charge in [-0.1, -0.05) is 22.9 Å². The largest absolute Gasteiger partial charge is 0.487 e. The Morgan fingerprint density at radius 3 is 2.75 bits per heavy atom. The molecule has 2 rings (SSSR count). The zero-order valence-electron chi connectivity index (χ0n) is 9.76. The predicted molar refractivity (Wildman–Crippen MR) is 67.2 cm³/mol. The number of hydrogen-bond acceptors (Lipinski definition) is 2. The molecule has 1 aromatic rings. The van der Waals surface area contributed by atoms with E-state index in [1.54, 1.807) is 0 Å². The van der Waals surface area contributed by atoms with Crippen LogP contribution in [0.25, 0.3) is 0 Å². The molecule has 0 atom stereocenters. The summed E-state index contributed by atoms with van der Waals surface area (Å²) in [5.74, 6) is 0.874. The van der Waals surface area contributed by atoms with E-state index < -0.39 is 5.60 Å². The molecule has 1 aromatic carbocycles. The highest BCUT2D eigenvalue weighted by atomic mass is 79.9. The quantitative estimate of drug-likeness (QED) is 0.784. The van der Waals surface area contributed by atoms with E-state index in [0.29, 0.717) is 12.2 Å². The number of hydrogen-bond donors (Lipinski definition) is 0. The molecule has 1 aliphatic heterocycles. The van der Waals surface area contributed by atoms with E-state index in [9.17, 15) is 4.79 Å². The van der Waals surface area contributed by atoms with Crippen molar-refractivity contribution in [1.82, 2.24) is 0 Å². The SMILES string of the molecule is CCc1cc2c(cc1Br)OC(C)(C)CC2=O. The molecular weight excluding hydrogens is 268 g/mol. The van der Waals surface area contributed by atoms with Gasteiger partial charge in [0.25, 0.3) is 0 Å². The molecule has 0 N–H and O–H groups in total. The molecule has 0 aliphatic carbocycles. The monoisotopic (exact) mass is 282 g/mol. The van der Waals surface area contributed by atoms with Crippen molar-refractivity contribution in [2.75, 3.05) is 0 Å². The Morgan fingerprint density at radius 1 is 1.44 bits per heavy atom. The normalized spacial score (nSPS) is 17.9. The van der Waals surface area contributed by atoms with Gasteiger partial charge in [0, 0.05) is 4.47 Å². The third-order valence-corrected chi connectivity index (χ3v) is 3.54. The Morgan fingerprint density at radius 2 is 2.12 bits per heavy atom. The smallest absolute Gasteiger partial charge is 0.170 e. The summed E-state index contributed by atoms with van der Waals surface area (Å²) in [6.07, 6.45) is 1.36. The number of carbonyl (C=O) groups excluding carboxylic acids is 1. The molecule has 0 saturated carbocycles. The van der Waals surface area contributed by atoms with Crippen LogP contribution in [-0.4, -0.2) is 11.4 Å². The Hall–Kier alpha value is -0.830. The van der Waals surface area contributed by atoms with Crippen LogP contribution < -0.4 is 4.74 Å². The van der Waals surface area contributed by atoms with Crippen molar-refractivity contribution in [2.24, 2.45) is 0 Å². The third-order valence-electron chi connectivity index (χ3n) is 2.80. The van der Waals surface area contributed by atoms with Gasteiger partial charge in [-0.3, -0.25) is 4.79 Å². The van der Waals surface area contributed by atoms with Gasteiger partial charge in [0.15, 0.2) is 5.78 Å². The molecular formula is C13H15BrO2. The van der Waals surface area contributed by atoms with Crippen molar-refractivity contribution in [3.63, 3.8) is 0 Å². The number of ketones is 1. The second-order valence-electron chi connectivity index (χ2n) is 4.76. The maximum Gasteiger partial charge on any atom is 0.170 e. The summed E-state index contributed by atoms with van der Waals surface area (Å²) in [4.78, 5) is 12.0. The van der Waals surface area contributed by atoms with Gasteiger partial charge in [-0.25, -0.2) is 0 Å². The summed E-state index contributed by atoms with van der Waals surface area (Å²) in [5.41, 5.74) is 1.48. The highest BCUT2D eigenvalue weighted by Crippen LogP contribution is 2.36. The fourth-order valence-corrected chi connectivity index (χ4v) is 2.59. The maximum atomic E-state index is 12.0. The minimum atomic E-state index is -0.392. The molecule has 3 heteroatoms. The van der Waals surface area contributed by atoms with Crippen molar-refractivity contribution in [3.8, 4) is 5.75 Å². The van der Waals surface area contributed by atoms with Gasteiger partial charge < -0.3 is 4.74 Å². The first-order chi connectivity index (χ1) is 7.43. The minimum Gasteiger partial charge on any atom is -0.487 e. The molecule has 16 heavy (non-hydrogen) atoms. The Balaban J connectivity index is 2.53. The highest BCUT2D eigenvalue weighted by molar-refractivity contribution is 9.10. The predicted octanol–water partition coefficient (Wildman–Crippen LogP) is 3.76. The summed E-state index contributed by atoms with van der Waals surface area (Å²) in [5, 5.41) is 0. The molecule has 2 nitrogen and oxygen atoms in total. The van der Waals surface area contributed by atoms with Crippen molar-refractivity contribution in [1.29, 1.82) is 0 Å². The average Bonchev–Trinajstić information content (AvgIpc) is 2.14. The Labute approximate surface area is 104 Å². The number of Topliss-reactive ketones (excluding diaryl/α,β-unsaturated/α-hetero) is 1. The lowest BCUT2D eigenvalue weighted by Gasteiger charge is -2.32. The standard InChI is InChI=1S/C13H15BrO2/c1-4-8-5-9-11(15)7-13(2,3)16-12(9)6-10(8)14/h5-6H,4,7H2,1-3H3. The maximum absolute atomic E-state index is 12.0. The van der Waals surface area contributed by atoms with Gasteiger partial charge in [-0.15, -0.1) is 0 Å². The van der Waals surface area contributed by atoms with E-state index in [0.717, 1.165) is 22.0 Å². The van der Waals surface area contributed by atoms with Gasteiger partial charge in [-0.05, 0) is 38.0 Å². The van der Waals surface area contributed by atoms with Gasteiger partial charge in [0.1, 0.15) is 11.4 Å². The molecule has 0 bridgehead atoms. The van der Waals surface area contributed by atoms with E-state index >= 15 is 0 Å². The second-order valence-corrected chi connectivity index (χ2v) is 5.61. The van der Waals surface area contributed by atoms with Crippen LogP contribution in [0.1, 0.15) is 43.1 Å². The highest BCUT2D eigenvalue weighted by Gasteiger charge is 2.32. The van der Waals surface area contributed by atoms with Gasteiger partial charge in [0.05, 0.1) is 12.0 Å². The zero-order valence-corrected chi connectivity index (χ0v) is 11.3. The molecule has 1 heterocycles. The van der Waals surface area contributed by atoms with Crippen LogP contribution in [0.3, 0.4) is 0 Å². The summed E-state index contributed by atoms with van der Waals surface area (Å²) in [6.45, 7) is 5.95. The molecule has 0 aromatic heterocycles. The van der Waals surface area contributed by atoms with E-state index in [4.69, 9.17) is 4.74 Å². The van der Waals surface area contributed by atoms with Gasteiger partial charge in [-0.2, -0.15) is 0 Å². The Kier molecular flexibility index (Phi) is 2.82. The fourth-order valence-electron chi connectivity index (χ4n) is 1.99. The average molecular weight is 283 g/mol. The molecule has 0 unspecified atom stereocenters. The number of fused-ring (bicyclic) bond motifs is 1. The molecule has 86 valence electrons. The fraction of sp³-hybridized carbons (Fsp3) is 0.462. The summed E-state index contributed by atoms with van der Waals surface area (Å²) < 4.78 is 6.83. The van der Waals surface area contributed by atoms with Crippen LogP contribution in [0.4, 0.5) is 0 Å². The van der Waals surface area contributed by atoms with Crippen molar-refractivity contribution < 1.29 is 9.53 Å². The summed E-state index contributed by atoms with van der Waals surface area (Å²) in [6, 6.07) is 3.85. The van der Waals surface area contributed by atoms with Crippen LogP contribution in [0.15, 0.2) is 16.6 Å². The van der Waals surface area contributed by atoms with Crippen LogP contribution in [0.5, 0.6) is 5.75 Å². The molecule has 0 fully saturated rings. The second kappa shape index (κ2) is 3.88. The third kappa shape index (κ3) is 2.01. The zero-order chi connectivity index (χ0) is 11.9. The number of carbonyl (C=O) groups is 1. The summed E-state index contributed by atoms with van der Waals surface area (Å²) in [7, 11) is 0. The number of aryl methyl sites for hydroxylation is 1. The van der Waals surface area contributed by atoms with Crippen LogP contribution in [0.2, 0.25) is 0 Å². The number of halogens is 1. The molecule has 0 amide bonds. The van der Waals surface area contributed by atoms with Crippen LogP contribution in [-0.2, 0) is 6.42 Å². The van der Waals surface area contributed by atoms with Gasteiger partial charge >= 0.3 is 0 Å². The molecule has 0 saturated heterocycles. The number of ether oxygens (including phenoxy) is 1. The molecule has 1 aliphatic rings. The lowest BCUT2D eigenvalue weighted by atomic mass is 9.92. The minimum absolute atomic E-state index is 0.174. The van der Waals surface area contributed by atoms with Crippen molar-refractivity contribution in [2.45, 2.75) is 39.2 Å². The van der Waals surface area contributed by atoms with Crippen LogP contribution >= 0.6 is 15.9 Å². The van der Waals surface area contributed by atoms with Crippen molar-refractivity contribution >= 4 is 21.7 Å². The molecule has 0 radical (unpaired) electrons. The number of rotatable bonds is 1. The van der Waals surface area contributed by atoms with E-state index in [1.807, 2.05) is 26.0 Å². The Bertz CT molecular complexity index is 449. The van der Waals surface area contributed by atoms with Crippen LogP contribution in [0, 0.1) is 0 Å². The topological polar surface area (TPSA) is 26.3 Å². The first-order valence-electron chi connectivity index (χ1n) is 5.47. The van der Waals surface area contributed by atoms with Gasteiger partial charge in [0.2, 0.25) is 0 Å². The first kappa shape index (κ1) is 11.6. The lowest BCUT2D eigenvalue weighted by Crippen LogP contribution is -2.35.